The molecule has 0 aromatic heterocycles. The van der Waals surface area contributed by atoms with Crippen molar-refractivity contribution >= 4 is 50.0 Å². The fourth-order valence-electron chi connectivity index (χ4n) is 2.88. The Kier molecular flexibility index (Phi) is 4.46. The minimum Gasteiger partial charge on any atom is -0.316 e. The van der Waals surface area contributed by atoms with Crippen molar-refractivity contribution in [3.63, 3.8) is 0 Å². The van der Waals surface area contributed by atoms with Gasteiger partial charge in [-0.05, 0) is 37.1 Å². The number of anilines is 1. The van der Waals surface area contributed by atoms with Crippen molar-refractivity contribution in [2.45, 2.75) is 25.1 Å². The lowest BCUT2D eigenvalue weighted by molar-refractivity contribution is -0.115. The van der Waals surface area contributed by atoms with Crippen LogP contribution in [-0.4, -0.2) is 48.2 Å². The molecule has 1 aromatic carbocycles. The standard InChI is InChI=1S/C15H17ClN2O3S2/c1-9-3-4-11(5-10(9)2)18-12-7-23(20,21)8-13(12)22-15(18)17-14(19)6-16/h3-5,12-13H,6-8H2,1-2H3/t12-,13+/m1/s1. The first-order valence-electron chi connectivity index (χ1n) is 7.22. The van der Waals surface area contributed by atoms with Gasteiger partial charge in [0, 0.05) is 10.9 Å². The smallest absolute Gasteiger partial charge is 0.262 e. The predicted octanol–water partition coefficient (Wildman–Crippen LogP) is 2.14. The highest BCUT2D eigenvalue weighted by Crippen LogP contribution is 2.41. The number of fused-ring (bicyclic) bond motifs is 1. The van der Waals surface area contributed by atoms with Gasteiger partial charge < -0.3 is 4.90 Å². The van der Waals surface area contributed by atoms with Crippen molar-refractivity contribution in [2.75, 3.05) is 22.3 Å². The lowest BCUT2D eigenvalue weighted by atomic mass is 10.1. The molecule has 0 radical (unpaired) electrons. The van der Waals surface area contributed by atoms with Crippen LogP contribution >= 0.6 is 23.4 Å². The van der Waals surface area contributed by atoms with Crippen LogP contribution < -0.4 is 4.90 Å². The summed E-state index contributed by atoms with van der Waals surface area (Å²) in [6, 6.07) is 5.75. The van der Waals surface area contributed by atoms with Crippen LogP contribution in [0.4, 0.5) is 5.69 Å². The van der Waals surface area contributed by atoms with Crippen LogP contribution in [0.5, 0.6) is 0 Å². The predicted molar refractivity (Wildman–Crippen MR) is 95.4 cm³/mol. The molecule has 0 bridgehead atoms. The van der Waals surface area contributed by atoms with Gasteiger partial charge in [-0.1, -0.05) is 17.8 Å². The van der Waals surface area contributed by atoms with E-state index in [0.717, 1.165) is 16.8 Å². The number of benzene rings is 1. The van der Waals surface area contributed by atoms with E-state index in [0.29, 0.717) is 5.17 Å². The third kappa shape index (κ3) is 3.27. The number of amides is 1. The average molecular weight is 373 g/mol. The molecule has 0 N–H and O–H groups in total. The third-order valence-electron chi connectivity index (χ3n) is 4.17. The summed E-state index contributed by atoms with van der Waals surface area (Å²) in [5.41, 5.74) is 3.14. The molecule has 2 heterocycles. The van der Waals surface area contributed by atoms with Gasteiger partial charge >= 0.3 is 0 Å². The Labute approximate surface area is 145 Å². The first-order chi connectivity index (χ1) is 10.8. The molecular formula is C15H17ClN2O3S2. The third-order valence-corrected chi connectivity index (χ3v) is 7.61. The number of carbonyl (C=O) groups excluding carboxylic acids is 1. The van der Waals surface area contributed by atoms with Gasteiger partial charge in [-0.3, -0.25) is 4.79 Å². The summed E-state index contributed by atoms with van der Waals surface area (Å²) in [5, 5.41) is 0.451. The fraction of sp³-hybridized carbons (Fsp3) is 0.467. The van der Waals surface area contributed by atoms with Crippen LogP contribution in [0.1, 0.15) is 11.1 Å². The van der Waals surface area contributed by atoms with Gasteiger partial charge in [0.25, 0.3) is 5.91 Å². The van der Waals surface area contributed by atoms with Gasteiger partial charge in [0.1, 0.15) is 5.88 Å². The molecule has 0 aliphatic carbocycles. The molecule has 2 aliphatic heterocycles. The maximum Gasteiger partial charge on any atom is 0.262 e. The number of carbonyl (C=O) groups is 1. The molecule has 124 valence electrons. The normalized spacial score (nSPS) is 27.4. The molecular weight excluding hydrogens is 356 g/mol. The zero-order valence-corrected chi connectivity index (χ0v) is 15.2. The largest absolute Gasteiger partial charge is 0.316 e. The monoisotopic (exact) mass is 372 g/mol. The quantitative estimate of drug-likeness (QED) is 0.744. The summed E-state index contributed by atoms with van der Waals surface area (Å²) in [7, 11) is -3.05. The first-order valence-corrected chi connectivity index (χ1v) is 10.5. The number of hydrogen-bond acceptors (Lipinski definition) is 4. The molecule has 3 rings (SSSR count). The van der Waals surface area contributed by atoms with E-state index >= 15 is 0 Å². The average Bonchev–Trinajstić information content (AvgIpc) is 2.93. The molecule has 2 aliphatic rings. The Morgan fingerprint density at radius 2 is 2.09 bits per heavy atom. The van der Waals surface area contributed by atoms with Gasteiger partial charge in [-0.25, -0.2) is 8.42 Å². The summed E-state index contributed by atoms with van der Waals surface area (Å²) in [5.74, 6) is -0.382. The van der Waals surface area contributed by atoms with Crippen LogP contribution in [0, 0.1) is 13.8 Å². The second-order valence-corrected chi connectivity index (χ2v) is 9.49. The highest BCUT2D eigenvalue weighted by molar-refractivity contribution is 8.16. The second-order valence-electron chi connectivity index (χ2n) is 5.86. The van der Waals surface area contributed by atoms with E-state index in [4.69, 9.17) is 11.6 Å². The zero-order chi connectivity index (χ0) is 16.8. The maximum absolute atomic E-state index is 12.0. The summed E-state index contributed by atoms with van der Waals surface area (Å²) >= 11 is 6.91. The molecule has 2 atom stereocenters. The highest BCUT2D eigenvalue weighted by atomic mass is 35.5. The van der Waals surface area contributed by atoms with E-state index in [1.165, 1.54) is 11.8 Å². The summed E-state index contributed by atoms with van der Waals surface area (Å²) in [6.45, 7) is 4.03. The van der Waals surface area contributed by atoms with E-state index in [1.807, 2.05) is 36.9 Å². The molecule has 0 spiro atoms. The Balaban J connectivity index is 2.04. The summed E-state index contributed by atoms with van der Waals surface area (Å²) < 4.78 is 23.9. The number of alkyl halides is 1. The molecule has 5 nitrogen and oxygen atoms in total. The van der Waals surface area contributed by atoms with Crippen LogP contribution in [0.25, 0.3) is 0 Å². The van der Waals surface area contributed by atoms with E-state index in [1.54, 1.807) is 0 Å². The van der Waals surface area contributed by atoms with E-state index in [2.05, 4.69) is 4.99 Å². The molecule has 2 saturated heterocycles. The first kappa shape index (κ1) is 16.8. The Bertz CT molecular complexity index is 792. The number of amidine groups is 1. The number of aryl methyl sites for hydroxylation is 2. The van der Waals surface area contributed by atoms with Crippen molar-refractivity contribution in [2.24, 2.45) is 4.99 Å². The summed E-state index contributed by atoms with van der Waals surface area (Å²) in [6.07, 6.45) is 0. The molecule has 2 fully saturated rings. The summed E-state index contributed by atoms with van der Waals surface area (Å²) in [4.78, 5) is 17.6. The minimum atomic E-state index is -3.05. The molecule has 1 amide bonds. The Morgan fingerprint density at radius 3 is 2.74 bits per heavy atom. The van der Waals surface area contributed by atoms with Crippen molar-refractivity contribution in [3.8, 4) is 0 Å². The molecule has 1 aromatic rings. The molecule has 0 saturated carbocycles. The SMILES string of the molecule is Cc1ccc(N2C(=NC(=O)CCl)S[C@H]3CS(=O)(=O)C[C@H]32)cc1C. The van der Waals surface area contributed by atoms with Gasteiger partial charge in [0.2, 0.25) is 0 Å². The Hall–Kier alpha value is -1.05. The van der Waals surface area contributed by atoms with Crippen LogP contribution in [0.3, 0.4) is 0 Å². The van der Waals surface area contributed by atoms with Crippen molar-refractivity contribution < 1.29 is 13.2 Å². The second kappa shape index (κ2) is 6.11. The minimum absolute atomic E-state index is 0.0890. The van der Waals surface area contributed by atoms with E-state index < -0.39 is 15.7 Å². The number of thioether (sulfide) groups is 1. The highest BCUT2D eigenvalue weighted by Gasteiger charge is 2.49. The molecule has 0 unspecified atom stereocenters. The van der Waals surface area contributed by atoms with Gasteiger partial charge in [-0.15, -0.1) is 11.6 Å². The van der Waals surface area contributed by atoms with Gasteiger partial charge in [0.15, 0.2) is 15.0 Å². The molecule has 8 heteroatoms. The lowest BCUT2D eigenvalue weighted by Gasteiger charge is -2.25. The number of nitrogens with zero attached hydrogens (tertiary/aromatic N) is 2. The lowest BCUT2D eigenvalue weighted by Crippen LogP contribution is -2.37. The van der Waals surface area contributed by atoms with Crippen LogP contribution in [-0.2, 0) is 14.6 Å². The number of hydrogen-bond donors (Lipinski definition) is 0. The van der Waals surface area contributed by atoms with Crippen LogP contribution in [0.2, 0.25) is 0 Å². The number of rotatable bonds is 2. The van der Waals surface area contributed by atoms with Gasteiger partial charge in [-0.2, -0.15) is 4.99 Å². The zero-order valence-electron chi connectivity index (χ0n) is 12.8. The number of sulfone groups is 1. The van der Waals surface area contributed by atoms with Crippen molar-refractivity contribution in [1.29, 1.82) is 0 Å². The van der Waals surface area contributed by atoms with E-state index in [9.17, 15) is 13.2 Å². The van der Waals surface area contributed by atoms with Crippen molar-refractivity contribution in [1.82, 2.24) is 0 Å². The van der Waals surface area contributed by atoms with Gasteiger partial charge in [0.05, 0.1) is 17.5 Å². The fourth-order valence-corrected chi connectivity index (χ4v) is 6.87. The maximum atomic E-state index is 12.0. The van der Waals surface area contributed by atoms with Crippen molar-refractivity contribution in [3.05, 3.63) is 29.3 Å². The van der Waals surface area contributed by atoms with Crippen LogP contribution in [0.15, 0.2) is 23.2 Å². The van der Waals surface area contributed by atoms with E-state index in [-0.39, 0.29) is 28.7 Å². The number of halogens is 1. The number of aliphatic imine (C=N–C) groups is 1. The topological polar surface area (TPSA) is 66.8 Å². The molecule has 23 heavy (non-hydrogen) atoms. The Morgan fingerprint density at radius 1 is 1.35 bits per heavy atom.